The lowest BCUT2D eigenvalue weighted by Gasteiger charge is -2.08. The minimum atomic E-state index is -0.291. The first-order valence-corrected chi connectivity index (χ1v) is 7.56. The van der Waals surface area contributed by atoms with E-state index < -0.39 is 0 Å². The molecule has 3 aromatic rings. The van der Waals surface area contributed by atoms with E-state index in [0.29, 0.717) is 12.4 Å². The molecule has 0 aliphatic carbocycles. The second-order valence-corrected chi connectivity index (χ2v) is 5.59. The van der Waals surface area contributed by atoms with E-state index in [1.165, 1.54) is 4.57 Å². The molecule has 3 rings (SSSR count). The highest BCUT2D eigenvalue weighted by atomic mass is 32.1. The minimum absolute atomic E-state index is 0.291. The number of nitrogens with zero attached hydrogens (tertiary/aromatic N) is 4. The summed E-state index contributed by atoms with van der Waals surface area (Å²) in [6.45, 7) is 5.03. The summed E-state index contributed by atoms with van der Waals surface area (Å²) in [5.74, 6) is 1.42. The normalized spacial score (nSPS) is 11.0. The summed E-state index contributed by atoms with van der Waals surface area (Å²) >= 11 is 1.57. The second-order valence-electron chi connectivity index (χ2n) is 4.70. The van der Waals surface area contributed by atoms with Crippen LogP contribution in [0.3, 0.4) is 0 Å². The topological polar surface area (TPSA) is 72.7 Å². The third kappa shape index (κ3) is 2.78. The molecule has 0 bridgehead atoms. The first-order valence-electron chi connectivity index (χ1n) is 6.68. The Balaban J connectivity index is 2.04. The van der Waals surface area contributed by atoms with Gasteiger partial charge in [-0.1, -0.05) is 0 Å². The smallest absolute Gasteiger partial charge is 0.347 e. The molecule has 0 spiro atoms. The molecule has 0 aliphatic heterocycles. The zero-order valence-corrected chi connectivity index (χ0v) is 12.6. The summed E-state index contributed by atoms with van der Waals surface area (Å²) < 4.78 is 1.53. The Labute approximate surface area is 125 Å². The lowest BCUT2D eigenvalue weighted by molar-refractivity contribution is 0.690. The monoisotopic (exact) mass is 301 g/mol. The minimum Gasteiger partial charge on any atom is -0.370 e. The van der Waals surface area contributed by atoms with Gasteiger partial charge in [0.25, 0.3) is 0 Å². The van der Waals surface area contributed by atoms with E-state index in [1.54, 1.807) is 23.7 Å². The van der Waals surface area contributed by atoms with E-state index in [0.717, 1.165) is 28.1 Å². The summed E-state index contributed by atoms with van der Waals surface area (Å²) in [6.07, 6.45) is 3.33. The number of aryl methyl sites for hydroxylation is 1. The molecule has 0 fully saturated rings. The van der Waals surface area contributed by atoms with Crippen LogP contribution in [0.5, 0.6) is 0 Å². The van der Waals surface area contributed by atoms with Crippen LogP contribution in [-0.2, 0) is 6.54 Å². The Morgan fingerprint density at radius 3 is 3.05 bits per heavy atom. The van der Waals surface area contributed by atoms with Crippen LogP contribution in [0.2, 0.25) is 0 Å². The molecule has 0 radical (unpaired) electrons. The molecule has 3 heterocycles. The summed E-state index contributed by atoms with van der Waals surface area (Å²) in [4.78, 5) is 25.6. The van der Waals surface area contributed by atoms with Crippen LogP contribution >= 0.6 is 11.3 Å². The van der Waals surface area contributed by atoms with E-state index in [4.69, 9.17) is 0 Å². The zero-order chi connectivity index (χ0) is 14.8. The maximum Gasteiger partial charge on any atom is 0.347 e. The fourth-order valence-corrected chi connectivity index (χ4v) is 2.89. The quantitative estimate of drug-likeness (QED) is 0.798. The van der Waals surface area contributed by atoms with Crippen molar-refractivity contribution in [2.75, 3.05) is 11.9 Å². The van der Waals surface area contributed by atoms with Crippen LogP contribution < -0.4 is 11.0 Å². The third-order valence-corrected chi connectivity index (χ3v) is 3.82. The molecule has 7 heteroatoms. The molecule has 21 heavy (non-hydrogen) atoms. The van der Waals surface area contributed by atoms with E-state index in [2.05, 4.69) is 20.3 Å². The number of thiophene rings is 1. The van der Waals surface area contributed by atoms with Crippen molar-refractivity contribution in [3.8, 4) is 0 Å². The van der Waals surface area contributed by atoms with Gasteiger partial charge in [-0.3, -0.25) is 4.57 Å². The summed E-state index contributed by atoms with van der Waals surface area (Å²) in [5, 5.41) is 6.25. The molecule has 6 nitrogen and oxygen atoms in total. The Morgan fingerprint density at radius 1 is 1.38 bits per heavy atom. The first-order chi connectivity index (χ1) is 10.2. The third-order valence-electron chi connectivity index (χ3n) is 3.01. The fraction of sp³-hybridized carbons (Fsp3) is 0.286. The molecule has 0 amide bonds. The molecule has 108 valence electrons. The Morgan fingerprint density at radius 2 is 2.24 bits per heavy atom. The number of fused-ring (bicyclic) bond motifs is 1. The highest BCUT2D eigenvalue weighted by molar-refractivity contribution is 7.16. The summed E-state index contributed by atoms with van der Waals surface area (Å²) in [7, 11) is 0. The van der Waals surface area contributed by atoms with Gasteiger partial charge in [-0.25, -0.2) is 19.7 Å². The van der Waals surface area contributed by atoms with Crippen molar-refractivity contribution in [2.24, 2.45) is 0 Å². The van der Waals surface area contributed by atoms with Gasteiger partial charge in [0.15, 0.2) is 5.82 Å². The van der Waals surface area contributed by atoms with Gasteiger partial charge in [0.2, 0.25) is 0 Å². The second kappa shape index (κ2) is 5.61. The zero-order valence-electron chi connectivity index (χ0n) is 11.8. The highest BCUT2D eigenvalue weighted by Crippen LogP contribution is 2.25. The Kier molecular flexibility index (Phi) is 3.66. The van der Waals surface area contributed by atoms with Crippen LogP contribution in [0.15, 0.2) is 28.6 Å². The van der Waals surface area contributed by atoms with Crippen molar-refractivity contribution < 1.29 is 0 Å². The summed E-state index contributed by atoms with van der Waals surface area (Å²) in [5.41, 5.74) is 0.638. The van der Waals surface area contributed by atoms with E-state index in [-0.39, 0.29) is 5.69 Å². The molecule has 0 aromatic carbocycles. The molecule has 1 N–H and O–H groups in total. The van der Waals surface area contributed by atoms with Crippen LogP contribution in [0.1, 0.15) is 18.3 Å². The standard InChI is InChI=1S/C14H15N5OS/c1-3-15-12-10-4-5-21-13(10)18-11(17-12)8-19-7-9(2)6-16-14(19)20/h4-7H,3,8H2,1-2H3,(H,15,17,18). The number of hydrogen-bond acceptors (Lipinski definition) is 6. The van der Waals surface area contributed by atoms with Gasteiger partial charge < -0.3 is 5.32 Å². The van der Waals surface area contributed by atoms with Gasteiger partial charge in [-0.15, -0.1) is 11.3 Å². The van der Waals surface area contributed by atoms with Gasteiger partial charge in [0.05, 0.1) is 11.9 Å². The van der Waals surface area contributed by atoms with Gasteiger partial charge in [0, 0.05) is 18.9 Å². The predicted octanol–water partition coefficient (Wildman–Crippen LogP) is 2.04. The predicted molar refractivity (Wildman–Crippen MR) is 83.9 cm³/mol. The van der Waals surface area contributed by atoms with Crippen LogP contribution in [-0.4, -0.2) is 26.1 Å². The first kappa shape index (κ1) is 13.7. The molecular formula is C14H15N5OS. The SMILES string of the molecule is CCNc1nc(Cn2cc(C)cnc2=O)nc2sccc12. The number of hydrogen-bond donors (Lipinski definition) is 1. The molecular weight excluding hydrogens is 286 g/mol. The number of nitrogens with one attached hydrogen (secondary N) is 1. The average Bonchev–Trinajstić information content (AvgIpc) is 2.92. The summed E-state index contributed by atoms with van der Waals surface area (Å²) in [6, 6.07) is 2.00. The largest absolute Gasteiger partial charge is 0.370 e. The van der Waals surface area contributed by atoms with Gasteiger partial charge in [-0.05, 0) is 30.9 Å². The number of aromatic nitrogens is 4. The lowest BCUT2D eigenvalue weighted by atomic mass is 10.3. The Bertz CT molecular complexity index is 839. The van der Waals surface area contributed by atoms with Crippen LogP contribution in [0, 0.1) is 6.92 Å². The molecule has 0 unspecified atom stereocenters. The highest BCUT2D eigenvalue weighted by Gasteiger charge is 2.09. The van der Waals surface area contributed by atoms with Crippen molar-refractivity contribution >= 4 is 27.4 Å². The van der Waals surface area contributed by atoms with Crippen molar-refractivity contribution in [3.05, 3.63) is 45.7 Å². The van der Waals surface area contributed by atoms with Crippen molar-refractivity contribution in [2.45, 2.75) is 20.4 Å². The molecule has 0 aliphatic rings. The van der Waals surface area contributed by atoms with Gasteiger partial charge in [0.1, 0.15) is 10.6 Å². The molecule has 0 saturated carbocycles. The molecule has 3 aromatic heterocycles. The maximum atomic E-state index is 11.8. The van der Waals surface area contributed by atoms with Crippen LogP contribution in [0.25, 0.3) is 10.2 Å². The van der Waals surface area contributed by atoms with E-state index >= 15 is 0 Å². The Hall–Kier alpha value is -2.28. The van der Waals surface area contributed by atoms with E-state index in [1.807, 2.05) is 25.3 Å². The van der Waals surface area contributed by atoms with Crippen LogP contribution in [0.4, 0.5) is 5.82 Å². The fourth-order valence-electron chi connectivity index (χ4n) is 2.10. The van der Waals surface area contributed by atoms with Crippen molar-refractivity contribution in [1.82, 2.24) is 19.5 Å². The lowest BCUT2D eigenvalue weighted by Crippen LogP contribution is -2.24. The molecule has 0 saturated heterocycles. The average molecular weight is 301 g/mol. The van der Waals surface area contributed by atoms with Crippen molar-refractivity contribution in [1.29, 1.82) is 0 Å². The van der Waals surface area contributed by atoms with E-state index in [9.17, 15) is 4.79 Å². The van der Waals surface area contributed by atoms with Gasteiger partial charge >= 0.3 is 5.69 Å². The van der Waals surface area contributed by atoms with Gasteiger partial charge in [-0.2, -0.15) is 0 Å². The number of rotatable bonds is 4. The molecule has 0 atom stereocenters. The maximum absolute atomic E-state index is 11.8. The number of anilines is 1. The van der Waals surface area contributed by atoms with Crippen molar-refractivity contribution in [3.63, 3.8) is 0 Å².